The molecule has 1 aromatic rings. The molecule has 0 aromatic carbocycles. The Morgan fingerprint density at radius 2 is 2.04 bits per heavy atom. The highest BCUT2D eigenvalue weighted by molar-refractivity contribution is 5.90. The SMILES string of the molecule is O=C(C=Cc1ccc(CNC2(C(=O)OC3CCCC3)CCC2)cn1)NO. The Bertz CT molecular complexity index is 662. The first-order valence-corrected chi connectivity index (χ1v) is 9.14. The van der Waals surface area contributed by atoms with Crippen molar-refractivity contribution >= 4 is 18.0 Å². The summed E-state index contributed by atoms with van der Waals surface area (Å²) >= 11 is 0. The second-order valence-corrected chi connectivity index (χ2v) is 7.00. The van der Waals surface area contributed by atoms with Crippen LogP contribution in [0.2, 0.25) is 0 Å². The average Bonchev–Trinajstić information content (AvgIpc) is 3.12. The van der Waals surface area contributed by atoms with E-state index < -0.39 is 11.4 Å². The minimum absolute atomic E-state index is 0.0885. The van der Waals surface area contributed by atoms with Crippen LogP contribution in [0.25, 0.3) is 6.08 Å². The molecular formula is C19H25N3O4. The number of nitrogens with one attached hydrogen (secondary N) is 2. The smallest absolute Gasteiger partial charge is 0.326 e. The maximum atomic E-state index is 12.6. The lowest BCUT2D eigenvalue weighted by molar-refractivity contribution is -0.161. The summed E-state index contributed by atoms with van der Waals surface area (Å²) in [5.74, 6) is -0.719. The molecule has 26 heavy (non-hydrogen) atoms. The molecule has 3 N–H and O–H groups in total. The van der Waals surface area contributed by atoms with Crippen LogP contribution >= 0.6 is 0 Å². The number of amides is 1. The van der Waals surface area contributed by atoms with E-state index in [0.29, 0.717) is 12.2 Å². The molecular weight excluding hydrogens is 334 g/mol. The maximum Gasteiger partial charge on any atom is 0.326 e. The topological polar surface area (TPSA) is 101 Å². The van der Waals surface area contributed by atoms with E-state index in [2.05, 4.69) is 10.3 Å². The normalized spacial score (nSPS) is 19.3. The van der Waals surface area contributed by atoms with Gasteiger partial charge in [0.1, 0.15) is 11.6 Å². The number of carbonyl (C=O) groups is 2. The maximum absolute atomic E-state index is 12.6. The fourth-order valence-corrected chi connectivity index (χ4v) is 3.36. The van der Waals surface area contributed by atoms with E-state index in [4.69, 9.17) is 9.94 Å². The molecule has 2 fully saturated rings. The molecule has 140 valence electrons. The van der Waals surface area contributed by atoms with Crippen LogP contribution in [0.1, 0.15) is 56.2 Å². The molecule has 2 aliphatic rings. The van der Waals surface area contributed by atoms with Crippen LogP contribution < -0.4 is 10.8 Å². The lowest BCUT2D eigenvalue weighted by Crippen LogP contribution is -2.58. The molecule has 1 heterocycles. The average molecular weight is 359 g/mol. The van der Waals surface area contributed by atoms with Crippen molar-refractivity contribution in [3.05, 3.63) is 35.7 Å². The second-order valence-electron chi connectivity index (χ2n) is 7.00. The number of aromatic nitrogens is 1. The Morgan fingerprint density at radius 1 is 1.27 bits per heavy atom. The fourth-order valence-electron chi connectivity index (χ4n) is 3.36. The lowest BCUT2D eigenvalue weighted by Gasteiger charge is -2.40. The van der Waals surface area contributed by atoms with Crippen molar-refractivity contribution in [1.82, 2.24) is 15.8 Å². The van der Waals surface area contributed by atoms with Crippen molar-refractivity contribution in [2.45, 2.75) is 63.1 Å². The molecule has 0 unspecified atom stereocenters. The number of hydrogen-bond acceptors (Lipinski definition) is 6. The Hall–Kier alpha value is -2.25. The molecule has 0 radical (unpaired) electrons. The van der Waals surface area contributed by atoms with Gasteiger partial charge in [0.25, 0.3) is 5.91 Å². The summed E-state index contributed by atoms with van der Waals surface area (Å²) in [5, 5.41) is 11.8. The van der Waals surface area contributed by atoms with Gasteiger partial charge < -0.3 is 4.74 Å². The number of carbonyl (C=O) groups excluding carboxylic acids is 2. The summed E-state index contributed by atoms with van der Waals surface area (Å²) < 4.78 is 5.71. The summed E-state index contributed by atoms with van der Waals surface area (Å²) in [6, 6.07) is 3.67. The van der Waals surface area contributed by atoms with Crippen molar-refractivity contribution in [3.63, 3.8) is 0 Å². The summed E-state index contributed by atoms with van der Waals surface area (Å²) in [4.78, 5) is 27.8. The van der Waals surface area contributed by atoms with Gasteiger partial charge in [-0.3, -0.25) is 25.1 Å². The van der Waals surface area contributed by atoms with Crippen molar-refractivity contribution in [1.29, 1.82) is 0 Å². The van der Waals surface area contributed by atoms with Gasteiger partial charge in [0.2, 0.25) is 0 Å². The van der Waals surface area contributed by atoms with Gasteiger partial charge in [-0.2, -0.15) is 0 Å². The van der Waals surface area contributed by atoms with E-state index in [1.807, 2.05) is 6.07 Å². The number of rotatable bonds is 7. The number of pyridine rings is 1. The zero-order valence-electron chi connectivity index (χ0n) is 14.7. The van der Waals surface area contributed by atoms with Crippen LogP contribution in [0.3, 0.4) is 0 Å². The molecule has 0 aliphatic heterocycles. The molecule has 7 heteroatoms. The van der Waals surface area contributed by atoms with E-state index in [1.54, 1.807) is 12.3 Å². The summed E-state index contributed by atoms with van der Waals surface area (Å²) in [5.41, 5.74) is 2.53. The molecule has 3 rings (SSSR count). The third kappa shape index (κ3) is 4.47. The summed E-state index contributed by atoms with van der Waals surface area (Å²) in [6.45, 7) is 0.536. The zero-order valence-corrected chi connectivity index (χ0v) is 14.7. The van der Waals surface area contributed by atoms with Crippen LogP contribution in [0.15, 0.2) is 24.4 Å². The zero-order chi connectivity index (χ0) is 18.4. The van der Waals surface area contributed by atoms with Crippen LogP contribution in [0.5, 0.6) is 0 Å². The van der Waals surface area contributed by atoms with Crippen molar-refractivity contribution in [2.24, 2.45) is 0 Å². The standard InChI is InChI=1S/C19H25N3O4/c23-17(22-25)9-8-15-7-6-14(12-20-15)13-21-19(10-3-11-19)18(24)26-16-4-1-2-5-16/h6-9,12,16,21,25H,1-5,10-11,13H2,(H,22,23). The number of nitrogens with zero attached hydrogens (tertiary/aromatic N) is 1. The Labute approximate surface area is 152 Å². The van der Waals surface area contributed by atoms with Gasteiger partial charge in [-0.15, -0.1) is 0 Å². The van der Waals surface area contributed by atoms with Gasteiger partial charge in [0.05, 0.1) is 5.69 Å². The Balaban J connectivity index is 1.54. The van der Waals surface area contributed by atoms with Gasteiger partial charge in [-0.05, 0) is 62.7 Å². The van der Waals surface area contributed by atoms with Crippen molar-refractivity contribution in [2.75, 3.05) is 0 Å². The second kappa shape index (κ2) is 8.42. The summed E-state index contributed by atoms with van der Waals surface area (Å²) in [6.07, 6.45) is 11.4. The molecule has 0 saturated heterocycles. The first-order chi connectivity index (χ1) is 12.6. The van der Waals surface area contributed by atoms with Crippen molar-refractivity contribution < 1.29 is 19.5 Å². The van der Waals surface area contributed by atoms with Crippen LogP contribution in [0.4, 0.5) is 0 Å². The molecule has 2 saturated carbocycles. The predicted octanol–water partition coefficient (Wildman–Crippen LogP) is 2.10. The lowest BCUT2D eigenvalue weighted by atomic mass is 9.76. The van der Waals surface area contributed by atoms with Crippen molar-refractivity contribution in [3.8, 4) is 0 Å². The Kier molecular flexibility index (Phi) is 6.00. The molecule has 1 aromatic heterocycles. The molecule has 0 atom stereocenters. The van der Waals surface area contributed by atoms with Crippen LogP contribution in [0, 0.1) is 0 Å². The van der Waals surface area contributed by atoms with Crippen LogP contribution in [-0.4, -0.2) is 33.7 Å². The summed E-state index contributed by atoms with van der Waals surface area (Å²) in [7, 11) is 0. The van der Waals surface area contributed by atoms with Gasteiger partial charge in [0.15, 0.2) is 0 Å². The minimum atomic E-state index is -0.606. The van der Waals surface area contributed by atoms with Crippen LogP contribution in [-0.2, 0) is 20.9 Å². The van der Waals surface area contributed by atoms with Gasteiger partial charge in [-0.1, -0.05) is 6.07 Å². The Morgan fingerprint density at radius 3 is 2.62 bits per heavy atom. The van der Waals surface area contributed by atoms with E-state index in [1.165, 1.54) is 17.6 Å². The monoisotopic (exact) mass is 359 g/mol. The number of esters is 1. The van der Waals surface area contributed by atoms with E-state index >= 15 is 0 Å². The van der Waals surface area contributed by atoms with E-state index in [9.17, 15) is 9.59 Å². The fraction of sp³-hybridized carbons (Fsp3) is 0.526. The molecule has 1 amide bonds. The minimum Gasteiger partial charge on any atom is -0.461 e. The third-order valence-electron chi connectivity index (χ3n) is 5.17. The highest BCUT2D eigenvalue weighted by atomic mass is 16.5. The number of ether oxygens (including phenoxy) is 1. The van der Waals surface area contributed by atoms with Gasteiger partial charge in [0, 0.05) is 18.8 Å². The molecule has 2 aliphatic carbocycles. The van der Waals surface area contributed by atoms with E-state index in [0.717, 1.165) is 50.5 Å². The third-order valence-corrected chi connectivity index (χ3v) is 5.17. The predicted molar refractivity (Wildman–Crippen MR) is 95.0 cm³/mol. The highest BCUT2D eigenvalue weighted by Gasteiger charge is 2.46. The first kappa shape index (κ1) is 18.5. The molecule has 7 nitrogen and oxygen atoms in total. The largest absolute Gasteiger partial charge is 0.461 e. The quantitative estimate of drug-likeness (QED) is 0.298. The number of hydrogen-bond donors (Lipinski definition) is 3. The van der Waals surface area contributed by atoms with Gasteiger partial charge >= 0.3 is 5.97 Å². The first-order valence-electron chi connectivity index (χ1n) is 9.14. The van der Waals surface area contributed by atoms with E-state index in [-0.39, 0.29) is 12.1 Å². The highest BCUT2D eigenvalue weighted by Crippen LogP contribution is 2.35. The molecule has 0 spiro atoms. The van der Waals surface area contributed by atoms with Gasteiger partial charge in [-0.25, -0.2) is 5.48 Å². The molecule has 0 bridgehead atoms. The number of hydroxylamine groups is 1.